The normalized spacial score (nSPS) is 10.4. The Morgan fingerprint density at radius 3 is 2.75 bits per heavy atom. The summed E-state index contributed by atoms with van der Waals surface area (Å²) in [6.45, 7) is 0. The third-order valence-electron chi connectivity index (χ3n) is 2.36. The van der Waals surface area contributed by atoms with Crippen molar-refractivity contribution in [1.82, 2.24) is 0 Å². The van der Waals surface area contributed by atoms with Gasteiger partial charge < -0.3 is 9.84 Å². The summed E-state index contributed by atoms with van der Waals surface area (Å²) < 4.78 is 17.4. The van der Waals surface area contributed by atoms with Crippen LogP contribution < -0.4 is 0 Å². The lowest BCUT2D eigenvalue weighted by Gasteiger charge is -2.06. The van der Waals surface area contributed by atoms with Crippen LogP contribution in [0, 0.1) is 5.82 Å². The van der Waals surface area contributed by atoms with E-state index in [1.165, 1.54) is 31.4 Å². The van der Waals surface area contributed by atoms with E-state index in [1.54, 1.807) is 6.07 Å². The smallest absolute Gasteiger partial charge is 0.341 e. The van der Waals surface area contributed by atoms with Gasteiger partial charge in [0.1, 0.15) is 17.1 Å². The van der Waals surface area contributed by atoms with Crippen LogP contribution in [0.3, 0.4) is 0 Å². The summed E-state index contributed by atoms with van der Waals surface area (Å²) in [6.07, 6.45) is 0. The van der Waals surface area contributed by atoms with Crippen molar-refractivity contribution in [3.05, 3.63) is 41.7 Å². The van der Waals surface area contributed by atoms with Gasteiger partial charge in [0.15, 0.2) is 0 Å². The number of esters is 1. The number of carbonyl (C=O) groups excluding carboxylic acids is 1. The number of fused-ring (bicyclic) bond motifs is 1. The number of rotatable bonds is 1. The summed E-state index contributed by atoms with van der Waals surface area (Å²) in [6, 6.07) is 6.90. The van der Waals surface area contributed by atoms with Gasteiger partial charge in [0.25, 0.3) is 0 Å². The first kappa shape index (κ1) is 10.4. The van der Waals surface area contributed by atoms with Gasteiger partial charge in [-0.1, -0.05) is 6.07 Å². The molecule has 0 aliphatic rings. The van der Waals surface area contributed by atoms with Crippen molar-refractivity contribution in [1.29, 1.82) is 0 Å². The Hall–Kier alpha value is -2.10. The molecular weight excluding hydrogens is 211 g/mol. The Labute approximate surface area is 91.1 Å². The van der Waals surface area contributed by atoms with Crippen LogP contribution in [-0.4, -0.2) is 18.2 Å². The molecule has 0 aliphatic heterocycles. The van der Waals surface area contributed by atoms with Crippen molar-refractivity contribution in [2.24, 2.45) is 0 Å². The molecule has 2 aromatic carbocycles. The van der Waals surface area contributed by atoms with E-state index in [2.05, 4.69) is 4.74 Å². The highest BCUT2D eigenvalue weighted by atomic mass is 19.1. The molecule has 4 heteroatoms. The van der Waals surface area contributed by atoms with E-state index in [0.717, 1.165) is 0 Å². The summed E-state index contributed by atoms with van der Waals surface area (Å²) in [4.78, 5) is 11.3. The van der Waals surface area contributed by atoms with Gasteiger partial charge in [-0.05, 0) is 29.7 Å². The molecule has 0 saturated heterocycles. The number of halogens is 1. The van der Waals surface area contributed by atoms with Gasteiger partial charge >= 0.3 is 5.97 Å². The van der Waals surface area contributed by atoms with Crippen molar-refractivity contribution in [2.75, 3.05) is 7.11 Å². The Morgan fingerprint density at radius 1 is 1.31 bits per heavy atom. The van der Waals surface area contributed by atoms with Crippen LogP contribution in [0.2, 0.25) is 0 Å². The first-order valence-electron chi connectivity index (χ1n) is 4.63. The van der Waals surface area contributed by atoms with Crippen LogP contribution in [0.4, 0.5) is 4.39 Å². The lowest BCUT2D eigenvalue weighted by atomic mass is 10.1. The van der Waals surface area contributed by atoms with Crippen molar-refractivity contribution < 1.29 is 19.0 Å². The SMILES string of the molecule is COC(=O)c1ccc2cc(F)ccc2c1O. The number of benzene rings is 2. The number of hydrogen-bond acceptors (Lipinski definition) is 3. The molecule has 3 nitrogen and oxygen atoms in total. The van der Waals surface area contributed by atoms with E-state index in [4.69, 9.17) is 0 Å². The predicted molar refractivity (Wildman–Crippen MR) is 56.9 cm³/mol. The zero-order chi connectivity index (χ0) is 11.7. The average molecular weight is 220 g/mol. The summed E-state index contributed by atoms with van der Waals surface area (Å²) >= 11 is 0. The predicted octanol–water partition coefficient (Wildman–Crippen LogP) is 2.47. The van der Waals surface area contributed by atoms with Crippen molar-refractivity contribution >= 4 is 16.7 Å². The number of phenolic OH excluding ortho intramolecular Hbond substituents is 1. The maximum absolute atomic E-state index is 12.9. The maximum atomic E-state index is 12.9. The largest absolute Gasteiger partial charge is 0.506 e. The fourth-order valence-corrected chi connectivity index (χ4v) is 1.56. The summed E-state index contributed by atoms with van der Waals surface area (Å²) in [5.74, 6) is -1.20. The molecule has 2 rings (SSSR count). The number of hydrogen-bond donors (Lipinski definition) is 1. The number of ether oxygens (including phenoxy) is 1. The molecule has 82 valence electrons. The first-order chi connectivity index (χ1) is 7.63. The minimum atomic E-state index is -0.622. The number of phenols is 1. The standard InChI is InChI=1S/C12H9FO3/c1-16-12(15)10-4-2-7-6-8(13)3-5-9(7)11(10)14/h2-6,14H,1H3. The minimum Gasteiger partial charge on any atom is -0.506 e. The van der Waals surface area contributed by atoms with E-state index in [1.807, 2.05) is 0 Å². The molecule has 0 unspecified atom stereocenters. The molecule has 0 bridgehead atoms. The molecule has 0 atom stereocenters. The Morgan fingerprint density at radius 2 is 2.06 bits per heavy atom. The quantitative estimate of drug-likeness (QED) is 0.751. The van der Waals surface area contributed by atoms with E-state index in [-0.39, 0.29) is 11.3 Å². The van der Waals surface area contributed by atoms with Crippen LogP contribution in [0.5, 0.6) is 5.75 Å². The van der Waals surface area contributed by atoms with Gasteiger partial charge in [-0.3, -0.25) is 0 Å². The monoisotopic (exact) mass is 220 g/mol. The highest BCUT2D eigenvalue weighted by molar-refractivity contribution is 6.01. The number of methoxy groups -OCH3 is 1. The summed E-state index contributed by atoms with van der Waals surface area (Å²) in [5.41, 5.74) is 0.0709. The van der Waals surface area contributed by atoms with Crippen molar-refractivity contribution in [2.45, 2.75) is 0 Å². The molecule has 0 saturated carbocycles. The van der Waals surface area contributed by atoms with E-state index >= 15 is 0 Å². The van der Waals surface area contributed by atoms with Crippen LogP contribution in [-0.2, 0) is 4.74 Å². The molecule has 0 spiro atoms. The molecule has 1 N–H and O–H groups in total. The fraction of sp³-hybridized carbons (Fsp3) is 0.0833. The zero-order valence-electron chi connectivity index (χ0n) is 8.53. The van der Waals surface area contributed by atoms with Gasteiger partial charge in [-0.25, -0.2) is 9.18 Å². The maximum Gasteiger partial charge on any atom is 0.341 e. The lowest BCUT2D eigenvalue weighted by molar-refractivity contribution is 0.0598. The van der Waals surface area contributed by atoms with Crippen molar-refractivity contribution in [3.8, 4) is 5.75 Å². The molecular formula is C12H9FO3. The second-order valence-corrected chi connectivity index (χ2v) is 3.32. The Balaban J connectivity index is 2.70. The summed E-state index contributed by atoms with van der Waals surface area (Å²) in [5, 5.41) is 10.8. The topological polar surface area (TPSA) is 46.5 Å². The van der Waals surface area contributed by atoms with Gasteiger partial charge in [0.2, 0.25) is 0 Å². The van der Waals surface area contributed by atoms with E-state index in [9.17, 15) is 14.3 Å². The molecule has 0 amide bonds. The number of aromatic hydroxyl groups is 1. The molecule has 2 aromatic rings. The summed E-state index contributed by atoms with van der Waals surface area (Å²) in [7, 11) is 1.23. The van der Waals surface area contributed by atoms with Crippen LogP contribution in [0.1, 0.15) is 10.4 Å². The Kier molecular flexibility index (Phi) is 2.48. The van der Waals surface area contributed by atoms with Gasteiger partial charge in [0, 0.05) is 5.39 Å². The first-order valence-corrected chi connectivity index (χ1v) is 4.63. The second kappa shape index (κ2) is 3.81. The third-order valence-corrected chi connectivity index (χ3v) is 2.36. The highest BCUT2D eigenvalue weighted by Crippen LogP contribution is 2.29. The Bertz CT molecular complexity index is 563. The van der Waals surface area contributed by atoms with Gasteiger partial charge in [-0.15, -0.1) is 0 Å². The van der Waals surface area contributed by atoms with E-state index in [0.29, 0.717) is 10.8 Å². The van der Waals surface area contributed by atoms with Gasteiger partial charge in [-0.2, -0.15) is 0 Å². The molecule has 0 aromatic heterocycles. The molecule has 0 fully saturated rings. The minimum absolute atomic E-state index is 0.0709. The zero-order valence-corrected chi connectivity index (χ0v) is 8.53. The molecule has 0 radical (unpaired) electrons. The second-order valence-electron chi connectivity index (χ2n) is 3.32. The van der Waals surface area contributed by atoms with Crippen LogP contribution in [0.25, 0.3) is 10.8 Å². The van der Waals surface area contributed by atoms with Crippen LogP contribution in [0.15, 0.2) is 30.3 Å². The number of carbonyl (C=O) groups is 1. The van der Waals surface area contributed by atoms with Crippen LogP contribution >= 0.6 is 0 Å². The molecule has 0 heterocycles. The third kappa shape index (κ3) is 1.58. The highest BCUT2D eigenvalue weighted by Gasteiger charge is 2.13. The van der Waals surface area contributed by atoms with E-state index < -0.39 is 11.8 Å². The van der Waals surface area contributed by atoms with Crippen molar-refractivity contribution in [3.63, 3.8) is 0 Å². The average Bonchev–Trinajstić information content (AvgIpc) is 2.28. The molecule has 16 heavy (non-hydrogen) atoms. The molecule has 0 aliphatic carbocycles. The fourth-order valence-electron chi connectivity index (χ4n) is 1.56. The van der Waals surface area contributed by atoms with Gasteiger partial charge in [0.05, 0.1) is 7.11 Å². The lowest BCUT2D eigenvalue weighted by Crippen LogP contribution is -2.01.